The van der Waals surface area contributed by atoms with Gasteiger partial charge >= 0.3 is 0 Å². The standard InChI is InChI=1S/C27H33F2N7O3/c1-34-6-2-20(3-7-34)36-15-22(13-32-36)39-25-24(30)31-14-23(33-25)18-10-19(26(37)16-38-17-26)12-21(11-18)35-8-4-27(28,29)5-9-35/h10-15,20,37H,2-9,16-17H2,1H3,(H2,30,31). The second kappa shape index (κ2) is 10.00. The average Bonchev–Trinajstić information content (AvgIpc) is 3.37. The third kappa shape index (κ3) is 5.41. The predicted octanol–water partition coefficient (Wildman–Crippen LogP) is 3.43. The Morgan fingerprint density at radius 3 is 2.51 bits per heavy atom. The number of ether oxygens (including phenoxy) is 2. The van der Waals surface area contributed by atoms with Gasteiger partial charge in [-0.1, -0.05) is 0 Å². The molecule has 3 N–H and O–H groups in total. The Morgan fingerprint density at radius 2 is 1.82 bits per heavy atom. The number of hydrogen-bond acceptors (Lipinski definition) is 9. The average molecular weight is 542 g/mol. The van der Waals surface area contributed by atoms with Gasteiger partial charge in [-0.2, -0.15) is 5.10 Å². The van der Waals surface area contributed by atoms with Crippen LogP contribution in [0.5, 0.6) is 11.6 Å². The molecule has 0 aliphatic carbocycles. The summed E-state index contributed by atoms with van der Waals surface area (Å²) in [4.78, 5) is 13.2. The van der Waals surface area contributed by atoms with E-state index < -0.39 is 11.5 Å². The summed E-state index contributed by atoms with van der Waals surface area (Å²) in [6.45, 7) is 2.79. The van der Waals surface area contributed by atoms with E-state index in [-0.39, 0.29) is 50.8 Å². The molecule has 0 unspecified atom stereocenters. The monoisotopic (exact) mass is 541 g/mol. The van der Waals surface area contributed by atoms with Crippen LogP contribution in [0.15, 0.2) is 36.8 Å². The highest BCUT2D eigenvalue weighted by molar-refractivity contribution is 5.69. The number of nitrogen functional groups attached to an aromatic ring is 1. The highest BCUT2D eigenvalue weighted by Gasteiger charge is 2.39. The maximum Gasteiger partial charge on any atom is 0.263 e. The molecule has 3 fully saturated rings. The van der Waals surface area contributed by atoms with Crippen LogP contribution >= 0.6 is 0 Å². The van der Waals surface area contributed by atoms with Crippen molar-refractivity contribution in [3.63, 3.8) is 0 Å². The summed E-state index contributed by atoms with van der Waals surface area (Å²) >= 11 is 0. The second-order valence-electron chi connectivity index (χ2n) is 10.9. The first kappa shape index (κ1) is 25.9. The van der Waals surface area contributed by atoms with Crippen molar-refractivity contribution in [2.45, 2.75) is 43.2 Å². The Balaban J connectivity index is 1.28. The zero-order valence-corrected chi connectivity index (χ0v) is 21.9. The molecule has 0 saturated carbocycles. The number of benzene rings is 1. The maximum absolute atomic E-state index is 13.8. The summed E-state index contributed by atoms with van der Waals surface area (Å²) in [6.07, 6.45) is 6.62. The third-order valence-electron chi connectivity index (χ3n) is 7.91. The summed E-state index contributed by atoms with van der Waals surface area (Å²) in [5.41, 5.74) is 7.49. The summed E-state index contributed by atoms with van der Waals surface area (Å²) in [6, 6.07) is 5.85. The lowest BCUT2D eigenvalue weighted by Gasteiger charge is -2.38. The van der Waals surface area contributed by atoms with Gasteiger partial charge in [0.1, 0.15) is 5.60 Å². The van der Waals surface area contributed by atoms with Crippen LogP contribution in [0, 0.1) is 0 Å². The minimum absolute atomic E-state index is 0.131. The van der Waals surface area contributed by atoms with Gasteiger partial charge in [0.15, 0.2) is 11.6 Å². The number of rotatable bonds is 6. The molecule has 6 rings (SSSR count). The topological polar surface area (TPSA) is 115 Å². The van der Waals surface area contributed by atoms with Crippen molar-refractivity contribution < 1.29 is 23.4 Å². The first-order valence-electron chi connectivity index (χ1n) is 13.3. The zero-order chi connectivity index (χ0) is 27.2. The molecular weight excluding hydrogens is 508 g/mol. The van der Waals surface area contributed by atoms with Gasteiger partial charge in [0, 0.05) is 37.2 Å². The molecule has 0 amide bonds. The van der Waals surface area contributed by atoms with Crippen LogP contribution in [-0.4, -0.2) is 82.1 Å². The predicted molar refractivity (Wildman–Crippen MR) is 141 cm³/mol. The number of aromatic nitrogens is 4. The van der Waals surface area contributed by atoms with E-state index in [1.54, 1.807) is 12.4 Å². The number of aliphatic hydroxyl groups is 1. The fourth-order valence-electron chi connectivity index (χ4n) is 5.30. The van der Waals surface area contributed by atoms with E-state index in [2.05, 4.69) is 27.0 Å². The number of halogens is 2. The molecular formula is C27H33F2N7O3. The lowest BCUT2D eigenvalue weighted by atomic mass is 9.89. The lowest BCUT2D eigenvalue weighted by Crippen LogP contribution is -2.46. The number of piperidine rings is 2. The van der Waals surface area contributed by atoms with Crippen LogP contribution in [0.1, 0.15) is 37.3 Å². The van der Waals surface area contributed by atoms with Crippen LogP contribution in [0.3, 0.4) is 0 Å². The van der Waals surface area contributed by atoms with Gasteiger partial charge in [-0.25, -0.2) is 18.7 Å². The first-order chi connectivity index (χ1) is 18.7. The van der Waals surface area contributed by atoms with Gasteiger partial charge < -0.3 is 30.1 Å². The van der Waals surface area contributed by atoms with E-state index in [0.717, 1.165) is 31.6 Å². The van der Waals surface area contributed by atoms with E-state index in [9.17, 15) is 13.9 Å². The largest absolute Gasteiger partial charge is 0.433 e. The highest BCUT2D eigenvalue weighted by atomic mass is 19.3. The van der Waals surface area contributed by atoms with E-state index in [1.165, 1.54) is 0 Å². The smallest absolute Gasteiger partial charge is 0.263 e. The third-order valence-corrected chi connectivity index (χ3v) is 7.91. The van der Waals surface area contributed by atoms with Gasteiger partial charge in [-0.3, -0.25) is 4.68 Å². The molecule has 3 saturated heterocycles. The minimum atomic E-state index is -2.66. The van der Waals surface area contributed by atoms with E-state index in [0.29, 0.717) is 28.6 Å². The normalized spacial score (nSPS) is 21.5. The molecule has 5 heterocycles. The number of likely N-dealkylation sites (tertiary alicyclic amines) is 1. The quantitative estimate of drug-likeness (QED) is 0.484. The highest BCUT2D eigenvalue weighted by Crippen LogP contribution is 2.38. The Morgan fingerprint density at radius 1 is 1.08 bits per heavy atom. The summed E-state index contributed by atoms with van der Waals surface area (Å²) in [5, 5.41) is 15.5. The van der Waals surface area contributed by atoms with Crippen LogP contribution in [0.2, 0.25) is 0 Å². The molecule has 0 atom stereocenters. The Kier molecular flexibility index (Phi) is 6.64. The van der Waals surface area contributed by atoms with Gasteiger partial charge in [0.2, 0.25) is 0 Å². The second-order valence-corrected chi connectivity index (χ2v) is 10.9. The van der Waals surface area contributed by atoms with E-state index in [1.807, 2.05) is 34.0 Å². The number of alkyl halides is 2. The molecule has 0 bridgehead atoms. The number of anilines is 2. The fourth-order valence-corrected chi connectivity index (χ4v) is 5.30. The van der Waals surface area contributed by atoms with Crippen LogP contribution < -0.4 is 15.4 Å². The molecule has 39 heavy (non-hydrogen) atoms. The summed E-state index contributed by atoms with van der Waals surface area (Å²) < 4.78 is 40.8. The molecule has 1 aromatic carbocycles. The first-order valence-corrected chi connectivity index (χ1v) is 13.3. The van der Waals surface area contributed by atoms with Gasteiger partial charge in [-0.15, -0.1) is 0 Å². The van der Waals surface area contributed by atoms with Crippen molar-refractivity contribution in [3.05, 3.63) is 42.4 Å². The lowest BCUT2D eigenvalue weighted by molar-refractivity contribution is -0.184. The van der Waals surface area contributed by atoms with Gasteiger partial charge in [-0.05, 0) is 56.7 Å². The van der Waals surface area contributed by atoms with Crippen molar-refractivity contribution in [2.75, 3.05) is 57.1 Å². The van der Waals surface area contributed by atoms with Crippen molar-refractivity contribution in [2.24, 2.45) is 0 Å². The SMILES string of the molecule is CN1CCC(n2cc(Oc3nc(-c4cc(N5CCC(F)(F)CC5)cc(C5(O)COC5)c4)cnc3N)cn2)CC1. The molecule has 2 aromatic heterocycles. The summed E-state index contributed by atoms with van der Waals surface area (Å²) in [7, 11) is 2.12. The molecule has 10 nitrogen and oxygen atoms in total. The van der Waals surface area contributed by atoms with Crippen LogP contribution in [0.4, 0.5) is 20.3 Å². The number of nitrogens with two attached hydrogens (primary N) is 1. The molecule has 0 radical (unpaired) electrons. The minimum Gasteiger partial charge on any atom is -0.433 e. The van der Waals surface area contributed by atoms with E-state index in [4.69, 9.17) is 15.2 Å². The van der Waals surface area contributed by atoms with Crippen LogP contribution in [-0.2, 0) is 10.3 Å². The Bertz CT molecular complexity index is 1330. The van der Waals surface area contributed by atoms with Crippen molar-refractivity contribution in [1.29, 1.82) is 0 Å². The fraction of sp³-hybridized carbons (Fsp3) is 0.519. The molecule has 3 aromatic rings. The van der Waals surface area contributed by atoms with Gasteiger partial charge in [0.05, 0.1) is 43.5 Å². The molecule has 208 valence electrons. The number of nitrogens with zero attached hydrogens (tertiary/aromatic N) is 6. The molecule has 12 heteroatoms. The molecule has 3 aliphatic rings. The zero-order valence-electron chi connectivity index (χ0n) is 21.9. The molecule has 3 aliphatic heterocycles. The Hall–Kier alpha value is -3.35. The van der Waals surface area contributed by atoms with Crippen molar-refractivity contribution in [1.82, 2.24) is 24.6 Å². The Labute approximate surface area is 225 Å². The van der Waals surface area contributed by atoms with E-state index >= 15 is 0 Å². The van der Waals surface area contributed by atoms with Crippen molar-refractivity contribution in [3.8, 4) is 22.9 Å². The maximum atomic E-state index is 13.8. The summed E-state index contributed by atoms with van der Waals surface area (Å²) in [5.74, 6) is -1.87. The van der Waals surface area contributed by atoms with Gasteiger partial charge in [0.25, 0.3) is 11.8 Å². The molecule has 0 spiro atoms. The number of hydrogen-bond donors (Lipinski definition) is 2. The van der Waals surface area contributed by atoms with Crippen molar-refractivity contribution >= 4 is 11.5 Å². The van der Waals surface area contributed by atoms with Crippen LogP contribution in [0.25, 0.3) is 11.3 Å².